The molecule has 16 heavy (non-hydrogen) atoms. The van der Waals surface area contributed by atoms with E-state index in [4.69, 9.17) is 44.1 Å². The summed E-state index contributed by atoms with van der Waals surface area (Å²) >= 11 is 0. The average molecular weight is 278 g/mol. The SMILES string of the molecule is O=CC(=O)O.O=CC(=O)O.O=CC(=O)O.[Fe]. The van der Waals surface area contributed by atoms with Crippen LogP contribution in [0.2, 0.25) is 0 Å². The van der Waals surface area contributed by atoms with Gasteiger partial charge in [-0.05, 0) is 0 Å². The second-order valence-corrected chi connectivity index (χ2v) is 1.37. The largest absolute Gasteiger partial charge is 0.476 e. The smallest absolute Gasteiger partial charge is 0.368 e. The van der Waals surface area contributed by atoms with Crippen LogP contribution >= 0.6 is 0 Å². The van der Waals surface area contributed by atoms with Crippen molar-refractivity contribution in [2.75, 3.05) is 0 Å². The van der Waals surface area contributed by atoms with Gasteiger partial charge in [0.1, 0.15) is 0 Å². The molecule has 92 valence electrons. The maximum atomic E-state index is 9.00. The monoisotopic (exact) mass is 278 g/mol. The number of hydrogen-bond acceptors (Lipinski definition) is 6. The molecule has 0 aromatic carbocycles. The van der Waals surface area contributed by atoms with Crippen LogP contribution in [0, 0.1) is 0 Å². The minimum Gasteiger partial charge on any atom is -0.476 e. The van der Waals surface area contributed by atoms with Gasteiger partial charge in [-0.15, -0.1) is 0 Å². The van der Waals surface area contributed by atoms with Crippen LogP contribution in [0.15, 0.2) is 0 Å². The molecule has 0 aliphatic rings. The van der Waals surface area contributed by atoms with E-state index in [0.717, 1.165) is 0 Å². The van der Waals surface area contributed by atoms with E-state index in [1.54, 1.807) is 0 Å². The summed E-state index contributed by atoms with van der Waals surface area (Å²) in [5.74, 6) is -4.28. The predicted octanol–water partition coefficient (Wildman–Crippen LogP) is -2.19. The topological polar surface area (TPSA) is 163 Å². The first-order chi connectivity index (χ1) is 6.81. The number of carboxylic acid groups (broad SMARTS) is 3. The Morgan fingerprint density at radius 2 is 0.688 bits per heavy atom. The molecular formula is C6H6FeO9. The molecule has 0 amide bonds. The molecule has 3 N–H and O–H groups in total. The predicted molar refractivity (Wildman–Crippen MR) is 41.1 cm³/mol. The van der Waals surface area contributed by atoms with E-state index < -0.39 is 17.9 Å². The van der Waals surface area contributed by atoms with Crippen LogP contribution in [0.5, 0.6) is 0 Å². The number of carboxylic acids is 3. The van der Waals surface area contributed by atoms with Crippen molar-refractivity contribution in [2.45, 2.75) is 0 Å². The molecule has 0 aliphatic heterocycles. The summed E-state index contributed by atoms with van der Waals surface area (Å²) in [5, 5.41) is 22.1. The van der Waals surface area contributed by atoms with E-state index in [1.165, 1.54) is 0 Å². The quantitative estimate of drug-likeness (QED) is 0.295. The van der Waals surface area contributed by atoms with Crippen molar-refractivity contribution >= 4 is 36.8 Å². The number of aldehydes is 3. The number of carbonyl (C=O) groups is 6. The first-order valence-corrected chi connectivity index (χ1v) is 2.86. The van der Waals surface area contributed by atoms with E-state index in [-0.39, 0.29) is 35.9 Å². The Morgan fingerprint density at radius 3 is 0.688 bits per heavy atom. The fraction of sp³-hybridized carbons (Fsp3) is 0. The van der Waals surface area contributed by atoms with Gasteiger partial charge < -0.3 is 15.3 Å². The Balaban J connectivity index is -0.0000000655. The molecule has 0 radical (unpaired) electrons. The number of carbonyl (C=O) groups excluding carboxylic acids is 3. The fourth-order valence-electron chi connectivity index (χ4n) is 0. The van der Waals surface area contributed by atoms with Gasteiger partial charge in [0.05, 0.1) is 0 Å². The maximum Gasteiger partial charge on any atom is 0.368 e. The Bertz CT molecular complexity index is 216. The first kappa shape index (κ1) is 23.6. The summed E-state index contributed by atoms with van der Waals surface area (Å²) in [6.07, 6.45) is -0.500. The van der Waals surface area contributed by atoms with Crippen molar-refractivity contribution in [3.63, 3.8) is 0 Å². The van der Waals surface area contributed by atoms with Gasteiger partial charge in [0.2, 0.25) is 18.9 Å². The van der Waals surface area contributed by atoms with Gasteiger partial charge in [0.25, 0.3) is 0 Å². The van der Waals surface area contributed by atoms with Crippen LogP contribution < -0.4 is 0 Å². The summed E-state index contributed by atoms with van der Waals surface area (Å²) in [7, 11) is 0. The van der Waals surface area contributed by atoms with Crippen LogP contribution in [0.4, 0.5) is 0 Å². The molecule has 0 unspecified atom stereocenters. The van der Waals surface area contributed by atoms with Crippen LogP contribution in [0.25, 0.3) is 0 Å². The minimum absolute atomic E-state index is 0. The summed E-state index contributed by atoms with van der Waals surface area (Å²) in [4.78, 5) is 53.7. The zero-order chi connectivity index (χ0) is 12.9. The molecule has 10 heteroatoms. The standard InChI is InChI=1S/3C2H2O3.Fe/c3*3-1-2(4)5;/h3*1H,(H,4,5);. The molecule has 0 fully saturated rings. The Morgan fingerprint density at radius 1 is 0.625 bits per heavy atom. The van der Waals surface area contributed by atoms with E-state index in [2.05, 4.69) is 0 Å². The zero-order valence-corrected chi connectivity index (χ0v) is 8.48. The van der Waals surface area contributed by atoms with E-state index >= 15 is 0 Å². The van der Waals surface area contributed by atoms with Gasteiger partial charge in [-0.2, -0.15) is 0 Å². The van der Waals surface area contributed by atoms with Crippen molar-refractivity contribution in [3.05, 3.63) is 0 Å². The van der Waals surface area contributed by atoms with E-state index in [0.29, 0.717) is 0 Å². The van der Waals surface area contributed by atoms with Crippen LogP contribution in [0.3, 0.4) is 0 Å². The average Bonchev–Trinajstić information content (AvgIpc) is 2.19. The van der Waals surface area contributed by atoms with Crippen molar-refractivity contribution in [2.24, 2.45) is 0 Å². The minimum atomic E-state index is -1.43. The third-order valence-corrected chi connectivity index (χ3v) is 0.302. The van der Waals surface area contributed by atoms with Gasteiger partial charge in [-0.3, -0.25) is 14.4 Å². The Hall–Kier alpha value is -2.06. The molecule has 0 saturated heterocycles. The van der Waals surface area contributed by atoms with Crippen molar-refractivity contribution in [1.29, 1.82) is 0 Å². The number of rotatable bonds is 3. The summed E-state index contributed by atoms with van der Waals surface area (Å²) in [6.45, 7) is 0. The Kier molecular flexibility index (Phi) is 27.6. The third-order valence-electron chi connectivity index (χ3n) is 0.302. The van der Waals surface area contributed by atoms with Gasteiger partial charge in [0.15, 0.2) is 0 Å². The fourth-order valence-corrected chi connectivity index (χ4v) is 0. The van der Waals surface area contributed by atoms with Gasteiger partial charge in [-0.1, -0.05) is 0 Å². The van der Waals surface area contributed by atoms with Crippen LogP contribution in [0.1, 0.15) is 0 Å². The zero-order valence-electron chi connectivity index (χ0n) is 7.38. The van der Waals surface area contributed by atoms with Crippen molar-refractivity contribution in [3.8, 4) is 0 Å². The molecule has 0 saturated carbocycles. The molecule has 0 heterocycles. The molecule has 0 aliphatic carbocycles. The second kappa shape index (κ2) is 18.7. The summed E-state index contributed by atoms with van der Waals surface area (Å²) in [6, 6.07) is 0. The summed E-state index contributed by atoms with van der Waals surface area (Å²) in [5.41, 5.74) is 0. The van der Waals surface area contributed by atoms with Gasteiger partial charge in [0, 0.05) is 17.1 Å². The molecule has 0 rings (SSSR count). The summed E-state index contributed by atoms with van der Waals surface area (Å²) < 4.78 is 0. The number of hydrogen-bond donors (Lipinski definition) is 3. The van der Waals surface area contributed by atoms with Crippen molar-refractivity contribution < 1.29 is 61.2 Å². The van der Waals surface area contributed by atoms with E-state index in [1.807, 2.05) is 0 Å². The molecular weight excluding hydrogens is 272 g/mol. The molecule has 0 spiro atoms. The van der Waals surface area contributed by atoms with E-state index in [9.17, 15) is 0 Å². The molecule has 9 nitrogen and oxygen atoms in total. The van der Waals surface area contributed by atoms with Crippen LogP contribution in [-0.4, -0.2) is 52.1 Å². The van der Waals surface area contributed by atoms with Crippen LogP contribution in [-0.2, 0) is 45.8 Å². The normalized spacial score (nSPS) is 6.00. The Labute approximate surface area is 98.5 Å². The molecule has 0 aromatic heterocycles. The second-order valence-electron chi connectivity index (χ2n) is 1.37. The first-order valence-electron chi connectivity index (χ1n) is 2.86. The van der Waals surface area contributed by atoms with Crippen molar-refractivity contribution in [1.82, 2.24) is 0 Å². The third kappa shape index (κ3) is 92.1. The molecule has 0 aromatic rings. The van der Waals surface area contributed by atoms with Gasteiger partial charge in [-0.25, -0.2) is 14.4 Å². The van der Waals surface area contributed by atoms with Gasteiger partial charge >= 0.3 is 17.9 Å². The molecule has 0 atom stereocenters. The number of aliphatic carboxylic acids is 3. The maximum absolute atomic E-state index is 9.00. The molecule has 0 bridgehead atoms.